The average Bonchev–Trinajstić information content (AvgIpc) is 2.20. The third kappa shape index (κ3) is 2.28. The van der Waals surface area contributed by atoms with E-state index < -0.39 is 11.5 Å². The van der Waals surface area contributed by atoms with Crippen LogP contribution < -0.4 is 5.32 Å². The maximum Gasteiger partial charge on any atom is 0.329 e. The number of carbonyl (C=O) groups excluding carboxylic acids is 1. The molecule has 5 nitrogen and oxygen atoms in total. The van der Waals surface area contributed by atoms with Crippen LogP contribution in [0.15, 0.2) is 0 Å². The van der Waals surface area contributed by atoms with Crippen LogP contribution in [0, 0.1) is 0 Å². The predicted octanol–water partition coefficient (Wildman–Crippen LogP) is 1.43. The Hall–Kier alpha value is -1.26. The highest BCUT2D eigenvalue weighted by atomic mass is 16.4. The van der Waals surface area contributed by atoms with Crippen LogP contribution in [0.2, 0.25) is 0 Å². The third-order valence-electron chi connectivity index (χ3n) is 3.54. The van der Waals surface area contributed by atoms with E-state index in [1.54, 1.807) is 11.9 Å². The SMILES string of the molecule is CCC(C)N(C)C(=O)NC1(C(=O)O)CCC1. The number of carboxylic acids is 1. The van der Waals surface area contributed by atoms with Crippen molar-refractivity contribution >= 4 is 12.0 Å². The summed E-state index contributed by atoms with van der Waals surface area (Å²) < 4.78 is 0. The maximum atomic E-state index is 11.8. The Morgan fingerprint density at radius 1 is 1.50 bits per heavy atom. The fourth-order valence-electron chi connectivity index (χ4n) is 1.69. The van der Waals surface area contributed by atoms with Crippen LogP contribution in [0.3, 0.4) is 0 Å². The van der Waals surface area contributed by atoms with Crippen molar-refractivity contribution < 1.29 is 14.7 Å². The van der Waals surface area contributed by atoms with Crippen molar-refractivity contribution in [3.63, 3.8) is 0 Å². The van der Waals surface area contributed by atoms with Gasteiger partial charge in [-0.2, -0.15) is 0 Å². The van der Waals surface area contributed by atoms with Gasteiger partial charge in [0.1, 0.15) is 5.54 Å². The van der Waals surface area contributed by atoms with Crippen LogP contribution in [0.5, 0.6) is 0 Å². The highest BCUT2D eigenvalue weighted by Gasteiger charge is 2.46. The van der Waals surface area contributed by atoms with E-state index in [1.807, 2.05) is 13.8 Å². The molecule has 1 atom stereocenters. The minimum absolute atomic E-state index is 0.117. The monoisotopic (exact) mass is 228 g/mol. The molecule has 1 unspecified atom stereocenters. The molecule has 5 heteroatoms. The van der Waals surface area contributed by atoms with Gasteiger partial charge in [-0.25, -0.2) is 9.59 Å². The summed E-state index contributed by atoms with van der Waals surface area (Å²) in [6, 6.07) is -0.178. The van der Waals surface area contributed by atoms with Gasteiger partial charge in [-0.3, -0.25) is 0 Å². The Kier molecular flexibility index (Phi) is 3.78. The van der Waals surface area contributed by atoms with Gasteiger partial charge in [0.25, 0.3) is 0 Å². The topological polar surface area (TPSA) is 69.6 Å². The summed E-state index contributed by atoms with van der Waals surface area (Å²) in [6.45, 7) is 3.93. The Balaban J connectivity index is 2.59. The number of carboxylic acid groups (broad SMARTS) is 1. The number of aliphatic carboxylic acids is 1. The zero-order valence-electron chi connectivity index (χ0n) is 10.1. The second kappa shape index (κ2) is 4.72. The van der Waals surface area contributed by atoms with Gasteiger partial charge in [0, 0.05) is 13.1 Å². The lowest BCUT2D eigenvalue weighted by Gasteiger charge is -2.40. The van der Waals surface area contributed by atoms with Gasteiger partial charge in [-0.1, -0.05) is 6.92 Å². The number of rotatable bonds is 4. The molecule has 2 N–H and O–H groups in total. The quantitative estimate of drug-likeness (QED) is 0.764. The van der Waals surface area contributed by atoms with Gasteiger partial charge in [-0.05, 0) is 32.6 Å². The number of amides is 2. The van der Waals surface area contributed by atoms with Crippen molar-refractivity contribution in [3.8, 4) is 0 Å². The summed E-state index contributed by atoms with van der Waals surface area (Å²) in [6.07, 6.45) is 2.77. The second-order valence-electron chi connectivity index (χ2n) is 4.54. The third-order valence-corrected chi connectivity index (χ3v) is 3.54. The molecule has 0 spiro atoms. The van der Waals surface area contributed by atoms with Gasteiger partial charge in [0.15, 0.2) is 0 Å². The summed E-state index contributed by atoms with van der Waals surface area (Å²) >= 11 is 0. The first-order chi connectivity index (χ1) is 7.43. The maximum absolute atomic E-state index is 11.8. The number of hydrogen-bond donors (Lipinski definition) is 2. The van der Waals surface area contributed by atoms with Crippen molar-refractivity contribution in [3.05, 3.63) is 0 Å². The van der Waals surface area contributed by atoms with Crippen LogP contribution in [0.1, 0.15) is 39.5 Å². The average molecular weight is 228 g/mol. The van der Waals surface area contributed by atoms with E-state index in [2.05, 4.69) is 5.32 Å². The summed E-state index contributed by atoms with van der Waals surface area (Å²) in [5.41, 5.74) is -1.02. The van der Waals surface area contributed by atoms with Gasteiger partial charge in [-0.15, -0.1) is 0 Å². The molecule has 1 rings (SSSR count). The smallest absolute Gasteiger partial charge is 0.329 e. The minimum atomic E-state index is -1.02. The van der Waals surface area contributed by atoms with Crippen LogP contribution in [0.25, 0.3) is 0 Å². The van der Waals surface area contributed by atoms with E-state index >= 15 is 0 Å². The molecule has 2 amide bonds. The lowest BCUT2D eigenvalue weighted by molar-refractivity contribution is -0.148. The molecule has 0 aromatic heterocycles. The molecular formula is C11H20N2O3. The Morgan fingerprint density at radius 2 is 2.06 bits per heavy atom. The first-order valence-corrected chi connectivity index (χ1v) is 5.71. The highest BCUT2D eigenvalue weighted by molar-refractivity contribution is 5.87. The van der Waals surface area contributed by atoms with E-state index in [4.69, 9.17) is 5.11 Å². The molecule has 0 aromatic carbocycles. The largest absolute Gasteiger partial charge is 0.480 e. The lowest BCUT2D eigenvalue weighted by Crippen LogP contribution is -2.61. The Bertz CT molecular complexity index is 287. The molecule has 1 saturated carbocycles. The van der Waals surface area contributed by atoms with Gasteiger partial charge in [0.2, 0.25) is 0 Å². The minimum Gasteiger partial charge on any atom is -0.480 e. The first kappa shape index (κ1) is 12.8. The zero-order valence-corrected chi connectivity index (χ0v) is 10.1. The molecule has 0 aliphatic heterocycles. The predicted molar refractivity (Wildman–Crippen MR) is 60.3 cm³/mol. The van der Waals surface area contributed by atoms with E-state index in [1.165, 1.54) is 0 Å². The van der Waals surface area contributed by atoms with Crippen molar-refractivity contribution in [2.75, 3.05) is 7.05 Å². The van der Waals surface area contributed by atoms with Gasteiger partial charge < -0.3 is 15.3 Å². The lowest BCUT2D eigenvalue weighted by atomic mass is 9.77. The number of urea groups is 1. The van der Waals surface area contributed by atoms with Crippen molar-refractivity contribution in [1.82, 2.24) is 10.2 Å². The normalized spacial score (nSPS) is 19.4. The Morgan fingerprint density at radius 3 is 2.38 bits per heavy atom. The number of carbonyl (C=O) groups is 2. The van der Waals surface area contributed by atoms with Crippen molar-refractivity contribution in [1.29, 1.82) is 0 Å². The van der Waals surface area contributed by atoms with Crippen molar-refractivity contribution in [2.45, 2.75) is 51.1 Å². The van der Waals surface area contributed by atoms with Crippen molar-refractivity contribution in [2.24, 2.45) is 0 Å². The van der Waals surface area contributed by atoms with E-state index in [0.717, 1.165) is 12.8 Å². The fourth-order valence-corrected chi connectivity index (χ4v) is 1.69. The van der Waals surface area contributed by atoms with Crippen LogP contribution in [-0.4, -0.2) is 40.6 Å². The Labute approximate surface area is 95.8 Å². The van der Waals surface area contributed by atoms with Crippen LogP contribution >= 0.6 is 0 Å². The summed E-state index contributed by atoms with van der Waals surface area (Å²) in [5, 5.41) is 11.7. The number of nitrogens with one attached hydrogen (secondary N) is 1. The molecule has 0 saturated heterocycles. The van der Waals surface area contributed by atoms with Crippen LogP contribution in [0.4, 0.5) is 4.79 Å². The molecule has 1 aliphatic carbocycles. The van der Waals surface area contributed by atoms with E-state index in [-0.39, 0.29) is 12.1 Å². The molecule has 1 aliphatic rings. The number of hydrogen-bond acceptors (Lipinski definition) is 2. The van der Waals surface area contributed by atoms with E-state index in [0.29, 0.717) is 12.8 Å². The molecule has 0 bridgehead atoms. The highest BCUT2D eigenvalue weighted by Crippen LogP contribution is 2.32. The molecule has 0 aromatic rings. The zero-order chi connectivity index (χ0) is 12.3. The summed E-state index contributed by atoms with van der Waals surface area (Å²) in [7, 11) is 1.69. The fraction of sp³-hybridized carbons (Fsp3) is 0.818. The molecule has 0 heterocycles. The molecule has 92 valence electrons. The van der Waals surface area contributed by atoms with Gasteiger partial charge in [0.05, 0.1) is 0 Å². The van der Waals surface area contributed by atoms with Crippen LogP contribution in [-0.2, 0) is 4.79 Å². The standard InChI is InChI=1S/C11H20N2O3/c1-4-8(2)13(3)10(16)12-11(9(14)15)6-5-7-11/h8H,4-7H2,1-3H3,(H,12,16)(H,14,15). The molecule has 16 heavy (non-hydrogen) atoms. The molecular weight excluding hydrogens is 208 g/mol. The second-order valence-corrected chi connectivity index (χ2v) is 4.54. The van der Waals surface area contributed by atoms with E-state index in [9.17, 15) is 9.59 Å². The summed E-state index contributed by atoms with van der Waals surface area (Å²) in [4.78, 5) is 24.4. The molecule has 0 radical (unpaired) electrons. The number of nitrogens with zero attached hydrogens (tertiary/aromatic N) is 1. The molecule has 1 fully saturated rings. The van der Waals surface area contributed by atoms with Gasteiger partial charge >= 0.3 is 12.0 Å². The summed E-state index contributed by atoms with van der Waals surface area (Å²) in [5.74, 6) is -0.926. The first-order valence-electron chi connectivity index (χ1n) is 5.71.